The third-order valence-electron chi connectivity index (χ3n) is 15.4. The molecular formula is C45H75ClO36. The zero-order valence-corrected chi connectivity index (χ0v) is 43.8. The summed E-state index contributed by atoms with van der Waals surface area (Å²) in [5.41, 5.74) is 0. The molecule has 36 atom stereocenters. The minimum Gasteiger partial charge on any atom is -0.394 e. The Bertz CT molecular complexity index is 1580. The Labute approximate surface area is 468 Å². The molecule has 0 saturated carbocycles. The van der Waals surface area contributed by atoms with Gasteiger partial charge < -0.3 is 178 Å². The molecule has 0 aromatic rings. The van der Waals surface area contributed by atoms with E-state index >= 15 is 0 Å². The van der Waals surface area contributed by atoms with Crippen LogP contribution >= 0.6 is 11.6 Å². The first kappa shape index (κ1) is 66.8. The van der Waals surface area contributed by atoms with Crippen LogP contribution in [0.2, 0.25) is 0 Å². The SMILES string of the molecule is ClCC1CO1.OC[C@H]1O[C@@H]2O[C@H]3[C@H](O)[C@@H](O)[C@@H](O[C@H]4[C@H](O)[C@@H](O)[C@@H](O[C@H]5[C@H](O)[C@@H](O)[C@@H](O[C@H]6[C@H](O)[C@@H](O)[C@@H](O[C@H]7[C@H](O)[C@@H](O)[C@@H](O[C@H]8[C@H](O)[C@@H](O)[C@@H](O[C@H]1[C@H](O)[C@H]2O)O[C@@H]8CO)O[C@@H]7CO)O[C@@H]6CO)O[C@@H]5CO)O[C@@H]4CO)O[C@@H]3CO. The number of hydrogen-bond acceptors (Lipinski definition) is 36. The molecule has 14 bridgehead atoms. The van der Waals surface area contributed by atoms with Gasteiger partial charge in [0.2, 0.25) is 0 Å². The van der Waals surface area contributed by atoms with Gasteiger partial charge in [-0.05, 0) is 0 Å². The van der Waals surface area contributed by atoms with Gasteiger partial charge >= 0.3 is 0 Å². The monoisotopic (exact) mass is 1230 g/mol. The molecule has 478 valence electrons. The normalized spacial score (nSPS) is 54.1. The number of aliphatic hydroxyl groups excluding tert-OH is 21. The largest absolute Gasteiger partial charge is 0.394 e. The Morgan fingerprint density at radius 2 is 0.366 bits per heavy atom. The van der Waals surface area contributed by atoms with Gasteiger partial charge in [0.05, 0.1) is 64.8 Å². The van der Waals surface area contributed by atoms with Crippen LogP contribution in [0.15, 0.2) is 0 Å². The second kappa shape index (κ2) is 29.0. The van der Waals surface area contributed by atoms with E-state index in [1.54, 1.807) is 0 Å². The van der Waals surface area contributed by atoms with Gasteiger partial charge in [-0.3, -0.25) is 0 Å². The van der Waals surface area contributed by atoms with Crippen molar-refractivity contribution < 1.29 is 178 Å². The summed E-state index contributed by atoms with van der Waals surface area (Å²) in [7, 11) is 0. The van der Waals surface area contributed by atoms with Gasteiger partial charge in [-0.1, -0.05) is 0 Å². The average molecular weight is 1230 g/mol. The van der Waals surface area contributed by atoms with Gasteiger partial charge in [-0.2, -0.15) is 0 Å². The predicted octanol–water partition coefficient (Wildman–Crippen LogP) is -14.6. The number of epoxide rings is 1. The summed E-state index contributed by atoms with van der Waals surface area (Å²) in [6, 6.07) is 0. The number of hydrogen-bond donors (Lipinski definition) is 21. The quantitative estimate of drug-likeness (QED) is 0.0793. The Hall–Kier alpha value is -1.15. The van der Waals surface area contributed by atoms with Crippen molar-refractivity contribution >= 4 is 11.6 Å². The highest BCUT2D eigenvalue weighted by Crippen LogP contribution is 2.39. The van der Waals surface area contributed by atoms with Crippen molar-refractivity contribution in [2.24, 2.45) is 0 Å². The van der Waals surface area contributed by atoms with E-state index in [9.17, 15) is 107 Å². The highest BCUT2D eigenvalue weighted by molar-refractivity contribution is 6.18. The second-order valence-electron chi connectivity index (χ2n) is 20.8. The van der Waals surface area contributed by atoms with E-state index in [-0.39, 0.29) is 0 Å². The maximum Gasteiger partial charge on any atom is 0.187 e. The molecule has 22 rings (SSSR count). The molecule has 1 unspecified atom stereocenters. The molecule has 36 nitrogen and oxygen atoms in total. The summed E-state index contributed by atoms with van der Waals surface area (Å²) in [5.74, 6) is 0.667. The molecule has 0 aromatic carbocycles. The fourth-order valence-corrected chi connectivity index (χ4v) is 10.8. The zero-order valence-electron chi connectivity index (χ0n) is 43.0. The Morgan fingerprint density at radius 1 is 0.232 bits per heavy atom. The van der Waals surface area contributed by atoms with Crippen LogP contribution in [-0.2, 0) is 71.1 Å². The molecule has 22 aliphatic rings. The van der Waals surface area contributed by atoms with Crippen LogP contribution in [-0.4, -0.2) is 387 Å². The Morgan fingerprint density at radius 3 is 0.451 bits per heavy atom. The highest BCUT2D eigenvalue weighted by atomic mass is 35.5. The van der Waals surface area contributed by atoms with E-state index < -0.39 is 261 Å². The molecule has 21 N–H and O–H groups in total. The third kappa shape index (κ3) is 13.8. The summed E-state index contributed by atoms with van der Waals surface area (Å²) < 4.78 is 84.2. The molecule has 22 heterocycles. The van der Waals surface area contributed by atoms with Crippen molar-refractivity contribution in [1.82, 2.24) is 0 Å². The van der Waals surface area contributed by atoms with E-state index in [0.717, 1.165) is 6.61 Å². The van der Waals surface area contributed by atoms with Crippen molar-refractivity contribution in [2.75, 3.05) is 58.7 Å². The Balaban J connectivity index is 0.00000167. The number of rotatable bonds is 8. The van der Waals surface area contributed by atoms with E-state index in [0.29, 0.717) is 12.0 Å². The standard InChI is InChI=1S/C42H70O35.C3H5ClO/c43-1-8-29-15(50)22(57)36(64-8)72-30-9(2-44)66-38(24(59)17(30)52)74-32-11(4-46)68-40(26(61)19(32)54)76-34-13(6-48)70-42(28(63)21(34)56)77-35-14(7-49)69-41(27(62)20(35)55)75-33-12(5-47)67-39(25(60)18(33)53)73-31-10(3-45)65-37(71-29)23(58)16(31)51;4-1-3-2-5-3/h8-63H,1-7H2;3H,1-2H2/t8-,9-,10-,11-,12-,13-,14-,15-,16-,17-,18-,19-,20-,21-,22-,23-,24-,25-,26-,27-,28-,29-,30-,31-,32-,33-,34-,35-,36-,37-,38-,39-,40-,41-,42-;/m1./s1. The Kier molecular flexibility index (Phi) is 23.6. The minimum absolute atomic E-state index is 0.400. The molecule has 0 radical (unpaired) electrons. The lowest BCUT2D eigenvalue weighted by molar-refractivity contribution is -0.396. The number of halogens is 1. The van der Waals surface area contributed by atoms with Crippen LogP contribution in [0.1, 0.15) is 0 Å². The summed E-state index contributed by atoms with van der Waals surface area (Å²) in [6.07, 6.45) is -69.8. The van der Waals surface area contributed by atoms with Crippen molar-refractivity contribution in [3.63, 3.8) is 0 Å². The molecule has 0 amide bonds. The van der Waals surface area contributed by atoms with Crippen LogP contribution in [0.5, 0.6) is 0 Å². The van der Waals surface area contributed by atoms with Crippen molar-refractivity contribution in [2.45, 2.75) is 221 Å². The summed E-state index contributed by atoms with van der Waals surface area (Å²) in [6.45, 7) is -6.45. The minimum atomic E-state index is -2.21. The molecule has 37 heteroatoms. The van der Waals surface area contributed by atoms with E-state index in [4.69, 9.17) is 82.7 Å². The molecular weight excluding hydrogens is 1150 g/mol. The first-order valence-corrected chi connectivity index (χ1v) is 26.8. The maximum atomic E-state index is 11.3. The number of ether oxygens (including phenoxy) is 15. The van der Waals surface area contributed by atoms with E-state index in [1.165, 1.54) is 0 Å². The van der Waals surface area contributed by atoms with Gasteiger partial charge in [-0.15, -0.1) is 11.6 Å². The van der Waals surface area contributed by atoms with Crippen molar-refractivity contribution in [3.05, 3.63) is 0 Å². The predicted molar refractivity (Wildman–Crippen MR) is 249 cm³/mol. The van der Waals surface area contributed by atoms with Crippen molar-refractivity contribution in [3.8, 4) is 0 Å². The molecule has 82 heavy (non-hydrogen) atoms. The summed E-state index contributed by atoms with van der Waals surface area (Å²) in [4.78, 5) is 0. The van der Waals surface area contributed by atoms with Gasteiger partial charge in [0.1, 0.15) is 171 Å². The number of aliphatic hydroxyl groups is 21. The van der Waals surface area contributed by atoms with Crippen LogP contribution in [0.3, 0.4) is 0 Å². The summed E-state index contributed by atoms with van der Waals surface area (Å²) >= 11 is 5.27. The van der Waals surface area contributed by atoms with Gasteiger partial charge in [0.25, 0.3) is 0 Å². The average Bonchev–Trinajstić information content (AvgIpc) is 4.44. The smallest absolute Gasteiger partial charge is 0.187 e. The van der Waals surface area contributed by atoms with Crippen LogP contribution in [0, 0.1) is 0 Å². The van der Waals surface area contributed by atoms with Crippen LogP contribution in [0.25, 0.3) is 0 Å². The second-order valence-corrected chi connectivity index (χ2v) is 21.1. The molecule has 22 saturated heterocycles. The molecule has 0 aliphatic carbocycles. The van der Waals surface area contributed by atoms with Crippen LogP contribution in [0.4, 0.5) is 0 Å². The molecule has 0 aromatic heterocycles. The lowest BCUT2D eigenvalue weighted by atomic mass is 9.95. The van der Waals surface area contributed by atoms with E-state index in [1.807, 2.05) is 0 Å². The van der Waals surface area contributed by atoms with Gasteiger partial charge in [0.15, 0.2) is 44.0 Å². The zero-order chi connectivity index (χ0) is 59.8. The number of alkyl halides is 1. The molecule has 22 fully saturated rings. The fraction of sp³-hybridized carbons (Fsp3) is 1.00. The summed E-state index contributed by atoms with van der Waals surface area (Å²) in [5, 5.41) is 230. The topological polar surface area (TPSA) is 567 Å². The lowest BCUT2D eigenvalue weighted by Crippen LogP contribution is -2.68. The molecule has 22 aliphatic heterocycles. The molecule has 0 spiro atoms. The van der Waals surface area contributed by atoms with Crippen LogP contribution < -0.4 is 0 Å². The first-order valence-electron chi connectivity index (χ1n) is 26.2. The highest BCUT2D eigenvalue weighted by Gasteiger charge is 2.59. The maximum absolute atomic E-state index is 11.3. The fourth-order valence-electron chi connectivity index (χ4n) is 10.6. The van der Waals surface area contributed by atoms with Gasteiger partial charge in [-0.25, -0.2) is 0 Å². The van der Waals surface area contributed by atoms with E-state index in [2.05, 4.69) is 0 Å². The third-order valence-corrected chi connectivity index (χ3v) is 15.7. The van der Waals surface area contributed by atoms with Crippen molar-refractivity contribution in [1.29, 1.82) is 0 Å². The first-order chi connectivity index (χ1) is 39.1. The van der Waals surface area contributed by atoms with Gasteiger partial charge in [0, 0.05) is 0 Å². The lowest BCUT2D eigenvalue weighted by Gasteiger charge is -2.50.